The van der Waals surface area contributed by atoms with E-state index in [2.05, 4.69) is 17.1 Å². The average molecular weight is 168 g/mol. The monoisotopic (exact) mass is 168 g/mol. The first-order valence-corrected chi connectivity index (χ1v) is 4.48. The van der Waals surface area contributed by atoms with E-state index in [1.807, 2.05) is 13.8 Å². The Hall–Kier alpha value is -0.830. The molecule has 1 aromatic heterocycles. The largest absolute Gasteiger partial charge is 0.375 e. The molecule has 1 aromatic rings. The summed E-state index contributed by atoms with van der Waals surface area (Å²) in [5.74, 6) is 0. The maximum absolute atomic E-state index is 5.23. The second-order valence-electron chi connectivity index (χ2n) is 2.58. The van der Waals surface area contributed by atoms with Crippen molar-refractivity contribution in [3.63, 3.8) is 0 Å². The average Bonchev–Trinajstić information content (AvgIpc) is 2.53. The number of hydrogen-bond donors (Lipinski definition) is 1. The molecule has 1 N–H and O–H groups in total. The molecule has 2 heterocycles. The van der Waals surface area contributed by atoms with E-state index in [0.717, 1.165) is 18.7 Å². The minimum atomic E-state index is 0.680. The number of ether oxygens (including phenoxy) is 1. The standard InChI is InChI=1S/C7H10N2O.C2H6/c1-5-6-2-3-10-4-7(6)9-8-5;1-2/h2-4H2,1H3,(H,8,9);1-2H3. The highest BCUT2D eigenvalue weighted by molar-refractivity contribution is 5.25. The maximum atomic E-state index is 5.23. The minimum Gasteiger partial charge on any atom is -0.375 e. The highest BCUT2D eigenvalue weighted by atomic mass is 16.5. The Bertz CT molecular complexity index is 243. The molecule has 0 fully saturated rings. The number of nitrogens with zero attached hydrogens (tertiary/aromatic N) is 1. The van der Waals surface area contributed by atoms with Gasteiger partial charge in [-0.15, -0.1) is 0 Å². The van der Waals surface area contributed by atoms with Gasteiger partial charge in [-0.05, 0) is 13.3 Å². The first kappa shape index (κ1) is 9.26. The van der Waals surface area contributed by atoms with Crippen molar-refractivity contribution in [1.82, 2.24) is 10.2 Å². The number of nitrogens with one attached hydrogen (secondary N) is 1. The molecule has 0 radical (unpaired) electrons. The van der Waals surface area contributed by atoms with E-state index in [4.69, 9.17) is 4.74 Å². The summed E-state index contributed by atoms with van der Waals surface area (Å²) in [6.45, 7) is 7.57. The number of rotatable bonds is 0. The van der Waals surface area contributed by atoms with Crippen LogP contribution in [0.1, 0.15) is 30.8 Å². The Balaban J connectivity index is 0.000000336. The van der Waals surface area contributed by atoms with Crippen LogP contribution in [0.5, 0.6) is 0 Å². The zero-order chi connectivity index (χ0) is 8.97. The lowest BCUT2D eigenvalue weighted by atomic mass is 10.1. The Kier molecular flexibility index (Phi) is 3.29. The summed E-state index contributed by atoms with van der Waals surface area (Å²) < 4.78 is 5.23. The van der Waals surface area contributed by atoms with E-state index < -0.39 is 0 Å². The van der Waals surface area contributed by atoms with Crippen LogP contribution in [-0.2, 0) is 17.8 Å². The molecule has 3 heteroatoms. The van der Waals surface area contributed by atoms with Crippen molar-refractivity contribution < 1.29 is 4.74 Å². The first-order chi connectivity index (χ1) is 5.88. The lowest BCUT2D eigenvalue weighted by molar-refractivity contribution is 0.108. The van der Waals surface area contributed by atoms with Gasteiger partial charge in [0.15, 0.2) is 0 Å². The molecule has 1 aliphatic rings. The molecule has 2 rings (SSSR count). The fourth-order valence-corrected chi connectivity index (χ4v) is 1.30. The molecule has 0 saturated carbocycles. The summed E-state index contributed by atoms with van der Waals surface area (Å²) in [5.41, 5.74) is 3.63. The van der Waals surface area contributed by atoms with Gasteiger partial charge in [-0.2, -0.15) is 5.10 Å². The van der Waals surface area contributed by atoms with Gasteiger partial charge >= 0.3 is 0 Å². The van der Waals surface area contributed by atoms with Gasteiger partial charge in [-0.25, -0.2) is 0 Å². The van der Waals surface area contributed by atoms with E-state index in [1.54, 1.807) is 0 Å². The molecule has 0 atom stereocenters. The van der Waals surface area contributed by atoms with Crippen molar-refractivity contribution in [2.24, 2.45) is 0 Å². The summed E-state index contributed by atoms with van der Waals surface area (Å²) >= 11 is 0. The molecule has 3 nitrogen and oxygen atoms in total. The predicted molar refractivity (Wildman–Crippen MR) is 48.0 cm³/mol. The van der Waals surface area contributed by atoms with Crippen LogP contribution in [0.15, 0.2) is 0 Å². The molecule has 1 aliphatic heterocycles. The smallest absolute Gasteiger partial charge is 0.0914 e. The van der Waals surface area contributed by atoms with E-state index in [0.29, 0.717) is 6.61 Å². The van der Waals surface area contributed by atoms with Crippen molar-refractivity contribution in [1.29, 1.82) is 0 Å². The number of aromatic amines is 1. The topological polar surface area (TPSA) is 37.9 Å². The number of H-pyrrole nitrogens is 1. The number of hydrogen-bond acceptors (Lipinski definition) is 2. The van der Waals surface area contributed by atoms with Gasteiger partial charge < -0.3 is 4.74 Å². The van der Waals surface area contributed by atoms with E-state index in [-0.39, 0.29) is 0 Å². The SMILES string of the molecule is CC.Cc1[nH]nc2c1CCOC2. The summed E-state index contributed by atoms with van der Waals surface area (Å²) in [5, 5.41) is 7.06. The fraction of sp³-hybridized carbons (Fsp3) is 0.667. The van der Waals surface area contributed by atoms with Crippen LogP contribution >= 0.6 is 0 Å². The van der Waals surface area contributed by atoms with Crippen molar-refractivity contribution in [2.45, 2.75) is 33.8 Å². The zero-order valence-corrected chi connectivity index (χ0v) is 7.98. The van der Waals surface area contributed by atoms with Gasteiger partial charge in [0, 0.05) is 11.3 Å². The number of aromatic nitrogens is 2. The fourth-order valence-electron chi connectivity index (χ4n) is 1.30. The molecule has 12 heavy (non-hydrogen) atoms. The van der Waals surface area contributed by atoms with Gasteiger partial charge in [0.2, 0.25) is 0 Å². The van der Waals surface area contributed by atoms with Crippen molar-refractivity contribution in [3.05, 3.63) is 17.0 Å². The number of fused-ring (bicyclic) bond motifs is 1. The molecule has 0 aliphatic carbocycles. The predicted octanol–water partition coefficient (Wildman–Crippen LogP) is 1.82. The molecule has 0 spiro atoms. The minimum absolute atomic E-state index is 0.680. The molecule has 0 amide bonds. The summed E-state index contributed by atoms with van der Waals surface area (Å²) in [6, 6.07) is 0. The molecule has 0 saturated heterocycles. The van der Waals surface area contributed by atoms with Crippen LogP contribution in [0.4, 0.5) is 0 Å². The lowest BCUT2D eigenvalue weighted by Gasteiger charge is -2.10. The molecular weight excluding hydrogens is 152 g/mol. The van der Waals surface area contributed by atoms with Crippen LogP contribution in [0, 0.1) is 6.92 Å². The number of aryl methyl sites for hydroxylation is 1. The van der Waals surface area contributed by atoms with Crippen LogP contribution in [-0.4, -0.2) is 16.8 Å². The quantitative estimate of drug-likeness (QED) is 0.641. The Labute approximate surface area is 73.1 Å². The lowest BCUT2D eigenvalue weighted by Crippen LogP contribution is -2.08. The van der Waals surface area contributed by atoms with E-state index in [1.165, 1.54) is 11.3 Å². The maximum Gasteiger partial charge on any atom is 0.0914 e. The Morgan fingerprint density at radius 2 is 2.17 bits per heavy atom. The summed E-state index contributed by atoms with van der Waals surface area (Å²) in [7, 11) is 0. The van der Waals surface area contributed by atoms with Crippen molar-refractivity contribution in [3.8, 4) is 0 Å². The van der Waals surface area contributed by atoms with Gasteiger partial charge in [0.05, 0.1) is 18.9 Å². The summed E-state index contributed by atoms with van der Waals surface area (Å²) in [4.78, 5) is 0. The molecule has 0 unspecified atom stereocenters. The van der Waals surface area contributed by atoms with Crippen LogP contribution in [0.3, 0.4) is 0 Å². The third kappa shape index (κ3) is 1.67. The van der Waals surface area contributed by atoms with Gasteiger partial charge in [0.1, 0.15) is 0 Å². The molecular formula is C9H16N2O. The van der Waals surface area contributed by atoms with Gasteiger partial charge in [0.25, 0.3) is 0 Å². The van der Waals surface area contributed by atoms with Crippen molar-refractivity contribution in [2.75, 3.05) is 6.61 Å². The van der Waals surface area contributed by atoms with Gasteiger partial charge in [-0.1, -0.05) is 13.8 Å². The zero-order valence-electron chi connectivity index (χ0n) is 7.98. The van der Waals surface area contributed by atoms with Gasteiger partial charge in [-0.3, -0.25) is 5.10 Å². The normalized spacial score (nSPS) is 14.6. The Morgan fingerprint density at radius 1 is 1.42 bits per heavy atom. The first-order valence-electron chi connectivity index (χ1n) is 4.48. The second kappa shape index (κ2) is 4.26. The van der Waals surface area contributed by atoms with Crippen LogP contribution < -0.4 is 0 Å². The van der Waals surface area contributed by atoms with E-state index >= 15 is 0 Å². The van der Waals surface area contributed by atoms with Crippen LogP contribution in [0.25, 0.3) is 0 Å². The molecule has 68 valence electrons. The van der Waals surface area contributed by atoms with E-state index in [9.17, 15) is 0 Å². The third-order valence-corrected chi connectivity index (χ3v) is 1.89. The Morgan fingerprint density at radius 3 is 2.83 bits per heavy atom. The molecule has 0 bridgehead atoms. The third-order valence-electron chi connectivity index (χ3n) is 1.89. The van der Waals surface area contributed by atoms with Crippen LogP contribution in [0.2, 0.25) is 0 Å². The highest BCUT2D eigenvalue weighted by Crippen LogP contribution is 2.16. The summed E-state index contributed by atoms with van der Waals surface area (Å²) in [6.07, 6.45) is 1.01. The highest BCUT2D eigenvalue weighted by Gasteiger charge is 2.13. The molecule has 0 aromatic carbocycles. The van der Waals surface area contributed by atoms with Crippen molar-refractivity contribution >= 4 is 0 Å². The second-order valence-corrected chi connectivity index (χ2v) is 2.58.